The summed E-state index contributed by atoms with van der Waals surface area (Å²) in [5, 5.41) is 11.7. The predicted octanol–water partition coefficient (Wildman–Crippen LogP) is 2.89. The van der Waals surface area contributed by atoms with Gasteiger partial charge in [-0.2, -0.15) is 5.26 Å². The number of nitrogens with zero attached hydrogens (tertiary/aromatic N) is 1. The Labute approximate surface area is 139 Å². The molecule has 0 aromatic heterocycles. The summed E-state index contributed by atoms with van der Waals surface area (Å²) in [6.45, 7) is 3.92. The van der Waals surface area contributed by atoms with Crippen LogP contribution in [0.3, 0.4) is 0 Å². The van der Waals surface area contributed by atoms with Gasteiger partial charge in [0.25, 0.3) is 5.91 Å². The maximum absolute atomic E-state index is 12.1. The highest BCUT2D eigenvalue weighted by Crippen LogP contribution is 2.24. The molecule has 0 atom stereocenters. The lowest BCUT2D eigenvalue weighted by Gasteiger charge is -2.07. The summed E-state index contributed by atoms with van der Waals surface area (Å²) in [5.74, 6) is -0.988. The second kappa shape index (κ2) is 9.18. The molecule has 0 aliphatic rings. The molecule has 1 aromatic carbocycles. The van der Waals surface area contributed by atoms with Crippen LogP contribution in [0.4, 0.5) is 5.69 Å². The molecule has 1 aromatic rings. The normalized spacial score (nSPS) is 11.2. The van der Waals surface area contributed by atoms with Crippen LogP contribution in [-0.2, 0) is 14.3 Å². The number of esters is 1. The molecule has 5 nitrogen and oxygen atoms in total. The van der Waals surface area contributed by atoms with Gasteiger partial charge in [0.1, 0.15) is 11.6 Å². The minimum absolute atomic E-state index is 0.00430. The molecule has 22 heavy (non-hydrogen) atoms. The molecule has 0 fully saturated rings. The molecule has 0 aliphatic heterocycles. The molecule has 116 valence electrons. The summed E-state index contributed by atoms with van der Waals surface area (Å²) in [6.07, 6.45) is 0. The van der Waals surface area contributed by atoms with Crippen LogP contribution in [0.15, 0.2) is 34.1 Å². The average Bonchev–Trinajstić information content (AvgIpc) is 2.48. The fraction of sp³-hybridized carbons (Fsp3) is 0.267. The van der Waals surface area contributed by atoms with Gasteiger partial charge in [0.15, 0.2) is 0 Å². The zero-order valence-electron chi connectivity index (χ0n) is 12.3. The molecule has 0 spiro atoms. The second-order valence-electron chi connectivity index (χ2n) is 4.21. The van der Waals surface area contributed by atoms with Crippen LogP contribution in [0.25, 0.3) is 0 Å². The van der Waals surface area contributed by atoms with E-state index in [1.807, 2.05) is 25.1 Å². The molecular formula is C15H16N2O3S2. The van der Waals surface area contributed by atoms with Gasteiger partial charge >= 0.3 is 5.97 Å². The van der Waals surface area contributed by atoms with Gasteiger partial charge in [-0.3, -0.25) is 9.59 Å². The van der Waals surface area contributed by atoms with E-state index >= 15 is 0 Å². The molecule has 0 heterocycles. The number of thiol groups is 1. The van der Waals surface area contributed by atoms with Crippen molar-refractivity contribution >= 4 is 42.0 Å². The van der Waals surface area contributed by atoms with Crippen molar-refractivity contribution in [1.29, 1.82) is 5.26 Å². The van der Waals surface area contributed by atoms with Crippen molar-refractivity contribution in [3.05, 3.63) is 39.6 Å². The van der Waals surface area contributed by atoms with Crippen LogP contribution < -0.4 is 5.32 Å². The first-order valence-corrected chi connectivity index (χ1v) is 7.91. The minimum atomic E-state index is -0.562. The summed E-state index contributed by atoms with van der Waals surface area (Å²) in [6, 6.07) is 8.99. The summed E-state index contributed by atoms with van der Waals surface area (Å²) in [5.41, 5.74) is 1.51. The number of carbonyl (C=O) groups is 2. The summed E-state index contributed by atoms with van der Waals surface area (Å²) in [4.78, 5) is 23.3. The van der Waals surface area contributed by atoms with Crippen molar-refractivity contribution in [2.24, 2.45) is 0 Å². The molecule has 1 N–H and O–H groups in total. The van der Waals surface area contributed by atoms with Gasteiger partial charge in [-0.15, -0.1) is 24.4 Å². The monoisotopic (exact) mass is 336 g/mol. The Morgan fingerprint density at radius 2 is 2.00 bits per heavy atom. The number of ether oxygens (including phenoxy) is 1. The van der Waals surface area contributed by atoms with Crippen molar-refractivity contribution in [3.63, 3.8) is 0 Å². The number of hydrogen-bond donors (Lipinski definition) is 2. The van der Waals surface area contributed by atoms with Crippen LogP contribution >= 0.6 is 24.4 Å². The highest BCUT2D eigenvalue weighted by atomic mass is 32.2. The Balaban J connectivity index is 2.74. The SMILES string of the molecule is CCOC(=O)CS/C(S)=C(\C#N)C(=O)Nc1ccc(C)cc1. The van der Waals surface area contributed by atoms with Gasteiger partial charge in [0.2, 0.25) is 0 Å². The number of hydrogen-bond acceptors (Lipinski definition) is 6. The molecule has 0 bridgehead atoms. The van der Waals surface area contributed by atoms with Crippen molar-refractivity contribution in [2.45, 2.75) is 13.8 Å². The van der Waals surface area contributed by atoms with E-state index in [0.717, 1.165) is 17.3 Å². The molecule has 7 heteroatoms. The Morgan fingerprint density at radius 1 is 1.36 bits per heavy atom. The van der Waals surface area contributed by atoms with Crippen molar-refractivity contribution in [1.82, 2.24) is 0 Å². The first-order chi connectivity index (χ1) is 10.5. The lowest BCUT2D eigenvalue weighted by Crippen LogP contribution is -2.14. The maximum Gasteiger partial charge on any atom is 0.316 e. The third-order valence-corrected chi connectivity index (χ3v) is 3.96. The van der Waals surface area contributed by atoms with E-state index < -0.39 is 11.9 Å². The van der Waals surface area contributed by atoms with Crippen molar-refractivity contribution in [2.75, 3.05) is 17.7 Å². The standard InChI is InChI=1S/C15H16N2O3S2/c1-3-20-13(18)9-22-15(21)12(8-16)14(19)17-11-6-4-10(2)5-7-11/h4-7,21H,3,9H2,1-2H3,(H,17,19)/b15-12+. The molecule has 0 saturated carbocycles. The number of benzene rings is 1. The van der Waals surface area contributed by atoms with E-state index in [1.165, 1.54) is 0 Å². The Kier molecular flexibility index (Phi) is 7.57. The van der Waals surface area contributed by atoms with Crippen LogP contribution in [0.5, 0.6) is 0 Å². The van der Waals surface area contributed by atoms with Gasteiger partial charge in [-0.1, -0.05) is 17.7 Å². The van der Waals surface area contributed by atoms with Crippen LogP contribution in [-0.4, -0.2) is 24.2 Å². The number of thioether (sulfide) groups is 1. The average molecular weight is 336 g/mol. The first kappa shape index (κ1) is 18.1. The van der Waals surface area contributed by atoms with E-state index in [0.29, 0.717) is 5.69 Å². The van der Waals surface area contributed by atoms with E-state index in [-0.39, 0.29) is 22.2 Å². The number of nitriles is 1. The zero-order valence-corrected chi connectivity index (χ0v) is 14.0. The smallest absolute Gasteiger partial charge is 0.316 e. The van der Waals surface area contributed by atoms with Gasteiger partial charge in [0.05, 0.1) is 16.6 Å². The number of carbonyl (C=O) groups excluding carboxylic acids is 2. The van der Waals surface area contributed by atoms with E-state index in [1.54, 1.807) is 19.1 Å². The van der Waals surface area contributed by atoms with E-state index in [9.17, 15) is 9.59 Å². The van der Waals surface area contributed by atoms with Crippen molar-refractivity contribution in [3.8, 4) is 6.07 Å². The van der Waals surface area contributed by atoms with E-state index in [4.69, 9.17) is 10.00 Å². The second-order valence-corrected chi connectivity index (χ2v) is 5.94. The fourth-order valence-electron chi connectivity index (χ4n) is 1.43. The summed E-state index contributed by atoms with van der Waals surface area (Å²) < 4.78 is 4.95. The van der Waals surface area contributed by atoms with Gasteiger partial charge < -0.3 is 10.1 Å². The number of rotatable bonds is 6. The number of nitrogens with one attached hydrogen (secondary N) is 1. The lowest BCUT2D eigenvalue weighted by atomic mass is 10.2. The Morgan fingerprint density at radius 3 is 2.55 bits per heavy atom. The Bertz CT molecular complexity index is 619. The lowest BCUT2D eigenvalue weighted by molar-refractivity contribution is -0.139. The first-order valence-electron chi connectivity index (χ1n) is 6.47. The topological polar surface area (TPSA) is 79.2 Å². The molecule has 0 radical (unpaired) electrons. The zero-order chi connectivity index (χ0) is 16.5. The number of aryl methyl sites for hydroxylation is 1. The third-order valence-electron chi connectivity index (χ3n) is 2.49. The Hall–Kier alpha value is -1.91. The summed E-state index contributed by atoms with van der Waals surface area (Å²) >= 11 is 5.11. The van der Waals surface area contributed by atoms with Crippen molar-refractivity contribution < 1.29 is 14.3 Å². The molecule has 0 aliphatic carbocycles. The highest BCUT2D eigenvalue weighted by Gasteiger charge is 2.15. The molecule has 1 rings (SSSR count). The van der Waals surface area contributed by atoms with E-state index in [2.05, 4.69) is 17.9 Å². The molecule has 0 unspecified atom stereocenters. The van der Waals surface area contributed by atoms with Crippen LogP contribution in [0.1, 0.15) is 12.5 Å². The predicted molar refractivity (Wildman–Crippen MR) is 90.5 cm³/mol. The third kappa shape index (κ3) is 5.84. The van der Waals surface area contributed by atoms with Crippen LogP contribution in [0.2, 0.25) is 0 Å². The van der Waals surface area contributed by atoms with Gasteiger partial charge in [-0.05, 0) is 26.0 Å². The molecular weight excluding hydrogens is 320 g/mol. The molecule has 0 saturated heterocycles. The summed E-state index contributed by atoms with van der Waals surface area (Å²) in [7, 11) is 0. The quantitative estimate of drug-likeness (QED) is 0.361. The van der Waals surface area contributed by atoms with Crippen LogP contribution in [0, 0.1) is 18.3 Å². The van der Waals surface area contributed by atoms with Gasteiger partial charge in [-0.25, -0.2) is 0 Å². The molecule has 1 amide bonds. The highest BCUT2D eigenvalue weighted by molar-refractivity contribution is 8.16. The fourth-order valence-corrected chi connectivity index (χ4v) is 2.39. The minimum Gasteiger partial charge on any atom is -0.465 e. The number of amides is 1. The maximum atomic E-state index is 12.1. The number of anilines is 1. The largest absolute Gasteiger partial charge is 0.465 e. The van der Waals surface area contributed by atoms with Gasteiger partial charge in [0, 0.05) is 5.69 Å².